The molecule has 2 N–H and O–H groups in total. The number of aryl methyl sites for hydroxylation is 1. The molecule has 3 rings (SSSR count). The van der Waals surface area contributed by atoms with Crippen molar-refractivity contribution in [2.24, 2.45) is 0 Å². The van der Waals surface area contributed by atoms with Gasteiger partial charge in [-0.25, -0.2) is 9.37 Å². The molecule has 0 aliphatic heterocycles. The molecule has 1 aromatic heterocycles. The molecule has 0 saturated heterocycles. The molecule has 106 valence electrons. The van der Waals surface area contributed by atoms with Crippen molar-refractivity contribution in [3.05, 3.63) is 34.3 Å². The van der Waals surface area contributed by atoms with Crippen molar-refractivity contribution in [1.29, 1.82) is 0 Å². The largest absolute Gasteiger partial charge is 0.383 e. The normalized spacial score (nSPS) is 14.8. The molecule has 0 bridgehead atoms. The summed E-state index contributed by atoms with van der Waals surface area (Å²) in [6.07, 6.45) is 4.15. The van der Waals surface area contributed by atoms with E-state index >= 15 is 0 Å². The third-order valence-corrected chi connectivity index (χ3v) is 4.08. The van der Waals surface area contributed by atoms with Gasteiger partial charge in [0.1, 0.15) is 23.2 Å². The zero-order valence-electron chi connectivity index (χ0n) is 11.4. The number of imidazole rings is 1. The Hall–Kier alpha value is -1.36. The van der Waals surface area contributed by atoms with Crippen molar-refractivity contribution < 1.29 is 4.39 Å². The lowest BCUT2D eigenvalue weighted by Crippen LogP contribution is -2.05. The van der Waals surface area contributed by atoms with Crippen molar-refractivity contribution in [2.75, 3.05) is 5.73 Å². The fourth-order valence-corrected chi connectivity index (χ4v) is 2.87. The van der Waals surface area contributed by atoms with Crippen molar-refractivity contribution in [3.8, 4) is 11.3 Å². The maximum Gasteiger partial charge on any atom is 0.132 e. The second-order valence-corrected chi connectivity index (χ2v) is 6.15. The number of nitrogens with two attached hydrogens (primary N) is 1. The highest BCUT2D eigenvalue weighted by molar-refractivity contribution is 9.10. The summed E-state index contributed by atoms with van der Waals surface area (Å²) in [5.41, 5.74) is 7.28. The molecule has 1 aliphatic rings. The number of benzene rings is 1. The molecule has 1 aromatic carbocycles. The Kier molecular flexibility index (Phi) is 3.54. The number of aromatic nitrogens is 2. The van der Waals surface area contributed by atoms with E-state index in [1.165, 1.54) is 6.07 Å². The van der Waals surface area contributed by atoms with Gasteiger partial charge in [-0.15, -0.1) is 0 Å². The molecule has 20 heavy (non-hydrogen) atoms. The van der Waals surface area contributed by atoms with E-state index in [1.54, 1.807) is 12.1 Å². The number of nitrogen functional groups attached to an aromatic ring is 1. The highest BCUT2D eigenvalue weighted by atomic mass is 79.9. The van der Waals surface area contributed by atoms with Crippen LogP contribution in [0.5, 0.6) is 0 Å². The van der Waals surface area contributed by atoms with Crippen LogP contribution >= 0.6 is 15.9 Å². The molecule has 0 atom stereocenters. The van der Waals surface area contributed by atoms with Gasteiger partial charge in [-0.2, -0.15) is 0 Å². The minimum absolute atomic E-state index is 0.289. The van der Waals surface area contributed by atoms with Gasteiger partial charge >= 0.3 is 0 Å². The Morgan fingerprint density at radius 1 is 1.45 bits per heavy atom. The minimum atomic E-state index is -0.289. The first-order valence-corrected chi connectivity index (χ1v) is 7.73. The molecule has 0 amide bonds. The number of rotatable bonds is 4. The summed E-state index contributed by atoms with van der Waals surface area (Å²) in [5, 5.41) is 0. The van der Waals surface area contributed by atoms with E-state index in [2.05, 4.69) is 32.4 Å². The summed E-state index contributed by atoms with van der Waals surface area (Å²) in [5.74, 6) is 1.28. The number of halogens is 2. The van der Waals surface area contributed by atoms with Crippen LogP contribution in [-0.4, -0.2) is 9.55 Å². The SMILES string of the molecule is CCCc1nc(-c2cc(Br)ccc2F)c(N)n1C1CC1. The van der Waals surface area contributed by atoms with Crippen LogP contribution in [-0.2, 0) is 6.42 Å². The third kappa shape index (κ3) is 2.35. The zero-order chi connectivity index (χ0) is 14.3. The zero-order valence-corrected chi connectivity index (χ0v) is 13.0. The van der Waals surface area contributed by atoms with Crippen LogP contribution in [0.1, 0.15) is 38.1 Å². The predicted molar refractivity (Wildman–Crippen MR) is 82.0 cm³/mol. The van der Waals surface area contributed by atoms with Crippen molar-refractivity contribution in [1.82, 2.24) is 9.55 Å². The van der Waals surface area contributed by atoms with Gasteiger partial charge in [-0.1, -0.05) is 22.9 Å². The van der Waals surface area contributed by atoms with Crippen LogP contribution in [0.3, 0.4) is 0 Å². The minimum Gasteiger partial charge on any atom is -0.383 e. The Morgan fingerprint density at radius 3 is 2.85 bits per heavy atom. The van der Waals surface area contributed by atoms with Crippen molar-refractivity contribution >= 4 is 21.7 Å². The summed E-state index contributed by atoms with van der Waals surface area (Å²) >= 11 is 3.37. The highest BCUT2D eigenvalue weighted by Crippen LogP contribution is 2.41. The summed E-state index contributed by atoms with van der Waals surface area (Å²) in [6.45, 7) is 2.11. The van der Waals surface area contributed by atoms with Gasteiger partial charge in [-0.3, -0.25) is 0 Å². The fraction of sp³-hybridized carbons (Fsp3) is 0.400. The summed E-state index contributed by atoms with van der Waals surface area (Å²) in [4.78, 5) is 4.61. The van der Waals surface area contributed by atoms with Crippen LogP contribution in [0.15, 0.2) is 22.7 Å². The van der Waals surface area contributed by atoms with Crippen LogP contribution in [0.2, 0.25) is 0 Å². The molecule has 0 unspecified atom stereocenters. The topological polar surface area (TPSA) is 43.8 Å². The van der Waals surface area contributed by atoms with Crippen molar-refractivity contribution in [2.45, 2.75) is 38.6 Å². The van der Waals surface area contributed by atoms with Crippen LogP contribution in [0.25, 0.3) is 11.3 Å². The first-order chi connectivity index (χ1) is 9.61. The Morgan fingerprint density at radius 2 is 2.20 bits per heavy atom. The molecule has 1 heterocycles. The molecule has 2 aromatic rings. The number of nitrogens with zero attached hydrogens (tertiary/aromatic N) is 2. The number of anilines is 1. The van der Waals surface area contributed by atoms with Gasteiger partial charge in [0.15, 0.2) is 0 Å². The first kappa shape index (κ1) is 13.6. The molecular weight excluding hydrogens is 321 g/mol. The fourth-order valence-electron chi connectivity index (χ4n) is 2.51. The predicted octanol–water partition coefficient (Wildman–Crippen LogP) is 4.32. The lowest BCUT2D eigenvalue weighted by molar-refractivity contribution is 0.630. The van der Waals surface area contributed by atoms with E-state index in [0.29, 0.717) is 23.1 Å². The van der Waals surface area contributed by atoms with Gasteiger partial charge in [0.25, 0.3) is 0 Å². The lowest BCUT2D eigenvalue weighted by atomic mass is 10.1. The monoisotopic (exact) mass is 337 g/mol. The summed E-state index contributed by atoms with van der Waals surface area (Å²) in [7, 11) is 0. The lowest BCUT2D eigenvalue weighted by Gasteiger charge is -2.07. The maximum absolute atomic E-state index is 14.1. The molecule has 1 aliphatic carbocycles. The second-order valence-electron chi connectivity index (χ2n) is 5.24. The van der Waals surface area contributed by atoms with E-state index in [0.717, 1.165) is 36.0 Å². The van der Waals surface area contributed by atoms with Gasteiger partial charge in [0, 0.05) is 22.5 Å². The Balaban J connectivity index is 2.13. The van der Waals surface area contributed by atoms with Gasteiger partial charge in [0.2, 0.25) is 0 Å². The smallest absolute Gasteiger partial charge is 0.132 e. The number of hydrogen-bond donors (Lipinski definition) is 1. The standard InChI is InChI=1S/C15H17BrFN3/c1-2-3-13-19-14(15(18)20(13)10-5-6-10)11-8-9(16)4-7-12(11)17/h4,7-8,10H,2-3,5-6,18H2,1H3. The highest BCUT2D eigenvalue weighted by Gasteiger charge is 2.30. The van der Waals surface area contributed by atoms with Gasteiger partial charge < -0.3 is 10.3 Å². The molecule has 0 radical (unpaired) electrons. The number of hydrogen-bond acceptors (Lipinski definition) is 2. The molecule has 5 heteroatoms. The van der Waals surface area contributed by atoms with E-state index in [-0.39, 0.29) is 5.82 Å². The molecule has 3 nitrogen and oxygen atoms in total. The van der Waals surface area contributed by atoms with E-state index < -0.39 is 0 Å². The molecule has 0 spiro atoms. The van der Waals surface area contributed by atoms with Gasteiger partial charge in [-0.05, 0) is 37.5 Å². The average Bonchev–Trinajstić information content (AvgIpc) is 3.19. The Labute approximate surface area is 126 Å². The Bertz CT molecular complexity index is 647. The second kappa shape index (κ2) is 5.20. The molecule has 1 saturated carbocycles. The van der Waals surface area contributed by atoms with E-state index in [9.17, 15) is 4.39 Å². The summed E-state index contributed by atoms with van der Waals surface area (Å²) < 4.78 is 17.0. The summed E-state index contributed by atoms with van der Waals surface area (Å²) in [6, 6.07) is 5.31. The van der Waals surface area contributed by atoms with Crippen molar-refractivity contribution in [3.63, 3.8) is 0 Å². The van der Waals surface area contributed by atoms with Crippen LogP contribution in [0.4, 0.5) is 10.2 Å². The van der Waals surface area contributed by atoms with E-state index in [1.807, 2.05) is 0 Å². The van der Waals surface area contributed by atoms with Gasteiger partial charge in [0.05, 0.1) is 0 Å². The molecular formula is C15H17BrFN3. The van der Waals surface area contributed by atoms with Crippen LogP contribution < -0.4 is 5.73 Å². The maximum atomic E-state index is 14.1. The van der Waals surface area contributed by atoms with E-state index in [4.69, 9.17) is 5.73 Å². The van der Waals surface area contributed by atoms with Crippen LogP contribution in [0, 0.1) is 5.82 Å². The third-order valence-electron chi connectivity index (χ3n) is 3.59. The first-order valence-electron chi connectivity index (χ1n) is 6.93. The average molecular weight is 338 g/mol. The molecule has 1 fully saturated rings. The quantitative estimate of drug-likeness (QED) is 0.902.